The molecule has 3 nitrogen and oxygen atoms in total. The van der Waals surface area contributed by atoms with Crippen LogP contribution in [-0.4, -0.2) is 19.6 Å². The summed E-state index contributed by atoms with van der Waals surface area (Å²) in [6.07, 6.45) is 1.28. The summed E-state index contributed by atoms with van der Waals surface area (Å²) in [6, 6.07) is 8.65. The van der Waals surface area contributed by atoms with Gasteiger partial charge in [0.05, 0.1) is 7.11 Å². The molecule has 17 heavy (non-hydrogen) atoms. The maximum atomic E-state index is 10.9. The Morgan fingerprint density at radius 1 is 1.41 bits per heavy atom. The van der Waals surface area contributed by atoms with E-state index in [9.17, 15) is 4.79 Å². The quantitative estimate of drug-likeness (QED) is 0.608. The summed E-state index contributed by atoms with van der Waals surface area (Å²) in [5, 5.41) is 3.41. The highest BCUT2D eigenvalue weighted by molar-refractivity contribution is 5.69. The summed E-state index contributed by atoms with van der Waals surface area (Å²) >= 11 is 0. The lowest BCUT2D eigenvalue weighted by molar-refractivity contribution is -0.140. The Labute approximate surface area is 103 Å². The summed E-state index contributed by atoms with van der Waals surface area (Å²) in [5.74, 6) is -0.143. The van der Waals surface area contributed by atoms with Crippen LogP contribution in [0.25, 0.3) is 0 Å². The number of rotatable bonds is 6. The molecule has 0 radical (unpaired) electrons. The van der Waals surface area contributed by atoms with Crippen molar-refractivity contribution in [3.63, 3.8) is 0 Å². The van der Waals surface area contributed by atoms with Gasteiger partial charge in [0.1, 0.15) is 0 Å². The predicted octanol–water partition coefficient (Wildman–Crippen LogP) is 2.60. The van der Waals surface area contributed by atoms with E-state index in [2.05, 4.69) is 42.1 Å². The summed E-state index contributed by atoms with van der Waals surface area (Å²) < 4.78 is 4.59. The highest BCUT2D eigenvalue weighted by Crippen LogP contribution is 2.16. The number of carbonyl (C=O) groups is 1. The Bertz CT molecular complexity index is 363. The molecule has 0 aromatic heterocycles. The first-order chi connectivity index (χ1) is 8.15. The summed E-state index contributed by atoms with van der Waals surface area (Å²) in [4.78, 5) is 10.9. The van der Waals surface area contributed by atoms with Crippen LogP contribution in [0.1, 0.15) is 36.9 Å². The molecule has 1 rings (SSSR count). The van der Waals surface area contributed by atoms with Crippen molar-refractivity contribution in [2.24, 2.45) is 0 Å². The van der Waals surface area contributed by atoms with E-state index in [1.807, 2.05) is 6.07 Å². The topological polar surface area (TPSA) is 38.3 Å². The fraction of sp³-hybridized carbons (Fsp3) is 0.500. The van der Waals surface area contributed by atoms with E-state index < -0.39 is 0 Å². The van der Waals surface area contributed by atoms with E-state index >= 15 is 0 Å². The summed E-state index contributed by atoms with van der Waals surface area (Å²) in [6.45, 7) is 5.08. The van der Waals surface area contributed by atoms with Crippen LogP contribution in [0.2, 0.25) is 0 Å². The molecule has 0 aliphatic heterocycles. The first kappa shape index (κ1) is 13.7. The normalized spacial score (nSPS) is 12.2. The molecule has 0 heterocycles. The number of ether oxygens (including phenoxy) is 1. The van der Waals surface area contributed by atoms with Crippen LogP contribution in [-0.2, 0) is 9.53 Å². The van der Waals surface area contributed by atoms with Crippen molar-refractivity contribution in [1.82, 2.24) is 5.32 Å². The van der Waals surface area contributed by atoms with Crippen LogP contribution in [0.3, 0.4) is 0 Å². The van der Waals surface area contributed by atoms with E-state index in [1.165, 1.54) is 18.2 Å². The molecule has 0 unspecified atom stereocenters. The molecule has 0 saturated heterocycles. The van der Waals surface area contributed by atoms with Gasteiger partial charge < -0.3 is 10.1 Å². The SMILES string of the molecule is COC(=O)CCCN[C@H](C)c1ccccc1C. The molecule has 0 amide bonds. The Morgan fingerprint density at radius 3 is 2.76 bits per heavy atom. The second kappa shape index (κ2) is 7.07. The van der Waals surface area contributed by atoms with Gasteiger partial charge in [-0.3, -0.25) is 4.79 Å². The fourth-order valence-corrected chi connectivity index (χ4v) is 1.84. The minimum Gasteiger partial charge on any atom is -0.469 e. The largest absolute Gasteiger partial charge is 0.469 e. The first-order valence-electron chi connectivity index (χ1n) is 6.01. The minimum atomic E-state index is -0.143. The van der Waals surface area contributed by atoms with E-state index in [0.717, 1.165) is 13.0 Å². The number of nitrogens with one attached hydrogen (secondary N) is 1. The van der Waals surface area contributed by atoms with Gasteiger partial charge in [0, 0.05) is 12.5 Å². The van der Waals surface area contributed by atoms with Crippen molar-refractivity contribution in [1.29, 1.82) is 0 Å². The molecule has 0 spiro atoms. The predicted molar refractivity (Wildman–Crippen MR) is 68.8 cm³/mol. The maximum Gasteiger partial charge on any atom is 0.305 e. The van der Waals surface area contributed by atoms with E-state index in [-0.39, 0.29) is 5.97 Å². The van der Waals surface area contributed by atoms with Crippen LogP contribution in [0.15, 0.2) is 24.3 Å². The van der Waals surface area contributed by atoms with E-state index in [0.29, 0.717) is 12.5 Å². The second-order valence-electron chi connectivity index (χ2n) is 4.21. The molecule has 1 N–H and O–H groups in total. The molecular formula is C14H21NO2. The van der Waals surface area contributed by atoms with E-state index in [1.54, 1.807) is 0 Å². The molecule has 94 valence electrons. The van der Waals surface area contributed by atoms with Crippen molar-refractivity contribution < 1.29 is 9.53 Å². The smallest absolute Gasteiger partial charge is 0.305 e. The lowest BCUT2D eigenvalue weighted by Gasteiger charge is -2.16. The molecular weight excluding hydrogens is 214 g/mol. The summed E-state index contributed by atoms with van der Waals surface area (Å²) in [7, 11) is 1.42. The third kappa shape index (κ3) is 4.57. The van der Waals surface area contributed by atoms with Crippen LogP contribution in [0, 0.1) is 6.92 Å². The van der Waals surface area contributed by atoms with Gasteiger partial charge in [-0.15, -0.1) is 0 Å². The van der Waals surface area contributed by atoms with Gasteiger partial charge in [-0.1, -0.05) is 24.3 Å². The second-order valence-corrected chi connectivity index (χ2v) is 4.21. The Hall–Kier alpha value is -1.35. The number of hydrogen-bond donors (Lipinski definition) is 1. The Balaban J connectivity index is 2.33. The van der Waals surface area contributed by atoms with Crippen molar-refractivity contribution in [2.45, 2.75) is 32.7 Å². The molecule has 0 fully saturated rings. The average molecular weight is 235 g/mol. The minimum absolute atomic E-state index is 0.143. The van der Waals surface area contributed by atoms with Gasteiger partial charge >= 0.3 is 5.97 Å². The number of aryl methyl sites for hydroxylation is 1. The van der Waals surface area contributed by atoms with Crippen LogP contribution >= 0.6 is 0 Å². The average Bonchev–Trinajstić information content (AvgIpc) is 2.34. The fourth-order valence-electron chi connectivity index (χ4n) is 1.84. The monoisotopic (exact) mass is 235 g/mol. The van der Waals surface area contributed by atoms with Gasteiger partial charge in [-0.2, -0.15) is 0 Å². The lowest BCUT2D eigenvalue weighted by Crippen LogP contribution is -2.21. The number of benzene rings is 1. The zero-order chi connectivity index (χ0) is 12.7. The third-order valence-corrected chi connectivity index (χ3v) is 2.89. The Morgan fingerprint density at radius 2 is 2.12 bits per heavy atom. The first-order valence-corrected chi connectivity index (χ1v) is 6.01. The molecule has 0 saturated carbocycles. The zero-order valence-corrected chi connectivity index (χ0v) is 10.8. The molecule has 1 aromatic rings. The Kier molecular flexibility index (Phi) is 5.70. The third-order valence-electron chi connectivity index (χ3n) is 2.89. The standard InChI is InChI=1S/C14H21NO2/c1-11-7-4-5-8-13(11)12(2)15-10-6-9-14(16)17-3/h4-5,7-8,12,15H,6,9-10H2,1-3H3/t12-/m1/s1. The number of hydrogen-bond acceptors (Lipinski definition) is 3. The van der Waals surface area contributed by atoms with Crippen LogP contribution in [0.4, 0.5) is 0 Å². The van der Waals surface area contributed by atoms with Crippen molar-refractivity contribution in [2.75, 3.05) is 13.7 Å². The number of carbonyl (C=O) groups excluding carboxylic acids is 1. The van der Waals surface area contributed by atoms with Gasteiger partial charge in [-0.25, -0.2) is 0 Å². The van der Waals surface area contributed by atoms with Crippen LogP contribution < -0.4 is 5.32 Å². The number of methoxy groups -OCH3 is 1. The molecule has 3 heteroatoms. The maximum absolute atomic E-state index is 10.9. The highest BCUT2D eigenvalue weighted by atomic mass is 16.5. The van der Waals surface area contributed by atoms with Gasteiger partial charge in [-0.05, 0) is 37.9 Å². The van der Waals surface area contributed by atoms with Gasteiger partial charge in [0.2, 0.25) is 0 Å². The molecule has 1 atom stereocenters. The summed E-state index contributed by atoms with van der Waals surface area (Å²) in [5.41, 5.74) is 2.60. The van der Waals surface area contributed by atoms with Crippen molar-refractivity contribution in [3.05, 3.63) is 35.4 Å². The van der Waals surface area contributed by atoms with Crippen LogP contribution in [0.5, 0.6) is 0 Å². The lowest BCUT2D eigenvalue weighted by atomic mass is 10.0. The van der Waals surface area contributed by atoms with Gasteiger partial charge in [0.15, 0.2) is 0 Å². The zero-order valence-electron chi connectivity index (χ0n) is 10.8. The molecule has 0 aliphatic rings. The molecule has 0 aliphatic carbocycles. The molecule has 1 aromatic carbocycles. The molecule has 0 bridgehead atoms. The number of esters is 1. The van der Waals surface area contributed by atoms with Gasteiger partial charge in [0.25, 0.3) is 0 Å². The van der Waals surface area contributed by atoms with Crippen molar-refractivity contribution >= 4 is 5.97 Å². The van der Waals surface area contributed by atoms with Crippen molar-refractivity contribution in [3.8, 4) is 0 Å². The van der Waals surface area contributed by atoms with E-state index in [4.69, 9.17) is 0 Å². The highest BCUT2D eigenvalue weighted by Gasteiger charge is 2.07.